The highest BCUT2D eigenvalue weighted by molar-refractivity contribution is 6.31. The molecule has 2 aliphatic heterocycles. The van der Waals surface area contributed by atoms with Gasteiger partial charge in [-0.15, -0.1) is 0 Å². The number of halogens is 1. The lowest BCUT2D eigenvalue weighted by atomic mass is 9.49. The molecular formula is C49H53ClN10O3. The zero-order chi connectivity index (χ0) is 44.2. The first kappa shape index (κ1) is 42.1. The molecule has 0 atom stereocenters. The largest absolute Gasteiger partial charge is 0.489 e. The van der Waals surface area contributed by atoms with Crippen molar-refractivity contribution in [3.63, 3.8) is 0 Å². The highest BCUT2D eigenvalue weighted by atomic mass is 35.5. The van der Waals surface area contributed by atoms with Crippen molar-refractivity contribution in [3.8, 4) is 23.1 Å². The zero-order valence-corrected chi connectivity index (χ0v) is 37.5. The number of nitrogens with one attached hydrogen (secondary N) is 1. The van der Waals surface area contributed by atoms with Crippen molar-refractivity contribution in [2.24, 2.45) is 30.8 Å². The number of hydrogen-bond acceptors (Lipinski definition) is 10. The van der Waals surface area contributed by atoms with Crippen LogP contribution in [0.3, 0.4) is 0 Å². The number of piperidine rings is 1. The number of benzene rings is 2. The van der Waals surface area contributed by atoms with Gasteiger partial charge in [-0.25, -0.2) is 14.8 Å². The minimum Gasteiger partial charge on any atom is -0.489 e. The Morgan fingerprint density at radius 3 is 2.33 bits per heavy atom. The summed E-state index contributed by atoms with van der Waals surface area (Å²) in [6, 6.07) is 19.7. The first-order chi connectivity index (χ1) is 30.2. The molecule has 0 bridgehead atoms. The van der Waals surface area contributed by atoms with Gasteiger partial charge in [0.2, 0.25) is 5.95 Å². The van der Waals surface area contributed by atoms with Gasteiger partial charge in [0.15, 0.2) is 0 Å². The van der Waals surface area contributed by atoms with Crippen molar-refractivity contribution >= 4 is 45.9 Å². The van der Waals surface area contributed by atoms with Crippen LogP contribution in [0.4, 0.5) is 17.3 Å². The van der Waals surface area contributed by atoms with E-state index in [1.807, 2.05) is 32.6 Å². The van der Waals surface area contributed by atoms with Crippen LogP contribution in [-0.2, 0) is 26.9 Å². The molecule has 1 saturated carbocycles. The van der Waals surface area contributed by atoms with Crippen LogP contribution in [-0.4, -0.2) is 66.8 Å². The third kappa shape index (κ3) is 7.79. The Kier molecular flexibility index (Phi) is 11.0. The van der Waals surface area contributed by atoms with Crippen molar-refractivity contribution < 1.29 is 9.53 Å². The minimum atomic E-state index is -0.375. The lowest BCUT2D eigenvalue weighted by Gasteiger charge is -2.63. The van der Waals surface area contributed by atoms with Gasteiger partial charge < -0.3 is 19.9 Å². The Balaban J connectivity index is 0.752. The summed E-state index contributed by atoms with van der Waals surface area (Å²) in [5.41, 5.74) is 8.35. The van der Waals surface area contributed by atoms with Gasteiger partial charge in [0, 0.05) is 92.2 Å². The Morgan fingerprint density at radius 2 is 1.63 bits per heavy atom. The SMILES string of the molecule is Cn1c(=O)n(C)c2cc(N3CCCc4cc(-c5ccc(CCC6CCN(c7ncc(C(=O)NC8C(C)(C)C(Oc9ccc(C#N)c(Cl)c9)C8(C)C)cn7)CC6)nc5)ncc43)ccc21. The van der Waals surface area contributed by atoms with Crippen LogP contribution in [0.5, 0.6) is 5.75 Å². The molecule has 13 nitrogen and oxygen atoms in total. The van der Waals surface area contributed by atoms with Crippen LogP contribution in [0.2, 0.25) is 5.02 Å². The molecule has 1 N–H and O–H groups in total. The van der Waals surface area contributed by atoms with Gasteiger partial charge in [0.05, 0.1) is 44.8 Å². The monoisotopic (exact) mass is 864 g/mol. The Hall–Kier alpha value is -6.26. The summed E-state index contributed by atoms with van der Waals surface area (Å²) in [5.74, 6) is 1.61. The third-order valence-corrected chi connectivity index (χ3v) is 14.1. The molecule has 0 unspecified atom stereocenters. The molecule has 6 aromatic rings. The van der Waals surface area contributed by atoms with Gasteiger partial charge in [-0.3, -0.25) is 23.9 Å². The number of carbonyl (C=O) groups is 1. The fourth-order valence-electron chi connectivity index (χ4n) is 10.5. The van der Waals surface area contributed by atoms with E-state index in [9.17, 15) is 14.9 Å². The van der Waals surface area contributed by atoms with Crippen molar-refractivity contribution in [2.45, 2.75) is 78.4 Å². The van der Waals surface area contributed by atoms with Crippen LogP contribution >= 0.6 is 11.6 Å². The second-order valence-electron chi connectivity index (χ2n) is 18.6. The average Bonchev–Trinajstić information content (AvgIpc) is 3.51. The number of carbonyl (C=O) groups excluding carboxylic acids is 1. The number of aromatic nitrogens is 6. The smallest absolute Gasteiger partial charge is 0.328 e. The Morgan fingerprint density at radius 1 is 0.889 bits per heavy atom. The summed E-state index contributed by atoms with van der Waals surface area (Å²) < 4.78 is 9.77. The molecular weight excluding hydrogens is 812 g/mol. The number of imidazole rings is 1. The number of ether oxygens (including phenoxy) is 1. The van der Waals surface area contributed by atoms with Gasteiger partial charge in [0.25, 0.3) is 5.91 Å². The molecule has 1 saturated heterocycles. The fraction of sp³-hybridized carbons (Fsp3) is 0.408. The molecule has 1 amide bonds. The van der Waals surface area contributed by atoms with E-state index in [0.717, 1.165) is 97.5 Å². The molecule has 6 heterocycles. The average molecular weight is 865 g/mol. The number of hydrogen-bond donors (Lipinski definition) is 1. The number of anilines is 3. The highest BCUT2D eigenvalue weighted by Crippen LogP contribution is 2.55. The zero-order valence-electron chi connectivity index (χ0n) is 36.7. The lowest BCUT2D eigenvalue weighted by molar-refractivity contribution is -0.164. The van der Waals surface area contributed by atoms with Crippen LogP contribution in [0.1, 0.15) is 80.6 Å². The van der Waals surface area contributed by atoms with Crippen LogP contribution in [0.25, 0.3) is 22.3 Å². The molecule has 63 heavy (non-hydrogen) atoms. The van der Waals surface area contributed by atoms with E-state index in [0.29, 0.717) is 33.8 Å². The topological polar surface area (TPSA) is 147 Å². The molecule has 3 aliphatic rings. The Labute approximate surface area is 372 Å². The predicted molar refractivity (Wildman–Crippen MR) is 246 cm³/mol. The number of aryl methyl sites for hydroxylation is 4. The number of amides is 1. The van der Waals surface area contributed by atoms with Gasteiger partial charge >= 0.3 is 5.69 Å². The summed E-state index contributed by atoms with van der Waals surface area (Å²) >= 11 is 6.26. The molecule has 2 fully saturated rings. The van der Waals surface area contributed by atoms with Gasteiger partial charge in [-0.2, -0.15) is 5.26 Å². The molecule has 9 rings (SSSR count). The molecule has 14 heteroatoms. The number of nitriles is 1. The maximum absolute atomic E-state index is 13.5. The molecule has 4 aromatic heterocycles. The number of fused-ring (bicyclic) bond motifs is 2. The van der Waals surface area contributed by atoms with Crippen molar-refractivity contribution in [1.82, 2.24) is 34.4 Å². The van der Waals surface area contributed by atoms with Crippen molar-refractivity contribution in [3.05, 3.63) is 117 Å². The normalized spacial score (nSPS) is 19.3. The van der Waals surface area contributed by atoms with E-state index in [2.05, 4.69) is 89.2 Å². The molecule has 0 radical (unpaired) electrons. The quantitative estimate of drug-likeness (QED) is 0.143. The fourth-order valence-corrected chi connectivity index (χ4v) is 10.7. The highest BCUT2D eigenvalue weighted by Gasteiger charge is 2.64. The second kappa shape index (κ2) is 16.5. The lowest BCUT2D eigenvalue weighted by Crippen LogP contribution is -2.74. The summed E-state index contributed by atoms with van der Waals surface area (Å²) in [7, 11) is 3.63. The van der Waals surface area contributed by atoms with Gasteiger partial charge in [-0.05, 0) is 98.5 Å². The first-order valence-corrected chi connectivity index (χ1v) is 22.2. The van der Waals surface area contributed by atoms with E-state index < -0.39 is 0 Å². The Bertz CT molecular complexity index is 2780. The number of nitrogens with zero attached hydrogens (tertiary/aromatic N) is 9. The van der Waals surface area contributed by atoms with E-state index in [1.165, 1.54) is 5.56 Å². The summed E-state index contributed by atoms with van der Waals surface area (Å²) in [6.45, 7) is 10.9. The van der Waals surface area contributed by atoms with Crippen molar-refractivity contribution in [2.75, 3.05) is 29.4 Å². The second-order valence-corrected chi connectivity index (χ2v) is 19.0. The summed E-state index contributed by atoms with van der Waals surface area (Å²) in [4.78, 5) is 49.5. The van der Waals surface area contributed by atoms with E-state index in [-0.39, 0.29) is 34.6 Å². The van der Waals surface area contributed by atoms with Gasteiger partial charge in [-0.1, -0.05) is 39.3 Å². The molecule has 0 spiro atoms. The maximum atomic E-state index is 13.5. The summed E-state index contributed by atoms with van der Waals surface area (Å²) in [6.07, 6.45) is 13.1. The van der Waals surface area contributed by atoms with E-state index in [4.69, 9.17) is 26.3 Å². The maximum Gasteiger partial charge on any atom is 0.328 e. The van der Waals surface area contributed by atoms with Gasteiger partial charge in [0.1, 0.15) is 17.9 Å². The first-order valence-electron chi connectivity index (χ1n) is 21.8. The van der Waals surface area contributed by atoms with Crippen LogP contribution < -0.4 is 25.5 Å². The summed E-state index contributed by atoms with van der Waals surface area (Å²) in [5, 5.41) is 12.8. The number of rotatable bonds is 10. The predicted octanol–water partition coefficient (Wildman–Crippen LogP) is 8.19. The minimum absolute atomic E-state index is 0.0249. The standard InChI is InChI=1S/C49H53ClN10O3/c1-48(2)44(49(3,4)45(48)63-37-15-11-32(25-51)38(50)24-37)56-43(61)34-27-54-46(55-28-34)59-20-17-30(18-21-59)9-12-35-13-10-33(26-52-35)39-22-31-8-7-19-60(42(31)29-53-39)36-14-16-40-41(23-36)58(6)47(62)57(40)5/h10-11,13-16,22-24,26-30,44-45H,7-9,12,17-21H2,1-6H3,(H,56,61). The number of pyridine rings is 2. The van der Waals surface area contributed by atoms with E-state index >= 15 is 0 Å². The van der Waals surface area contributed by atoms with E-state index in [1.54, 1.807) is 39.7 Å². The molecule has 324 valence electrons. The van der Waals surface area contributed by atoms with Crippen LogP contribution in [0, 0.1) is 28.1 Å². The van der Waals surface area contributed by atoms with Crippen molar-refractivity contribution in [1.29, 1.82) is 5.26 Å². The molecule has 1 aliphatic carbocycles. The van der Waals surface area contributed by atoms with Crippen LogP contribution in [0.15, 0.2) is 84.2 Å². The molecule has 2 aromatic carbocycles. The third-order valence-electron chi connectivity index (χ3n) is 13.8.